The van der Waals surface area contributed by atoms with Gasteiger partial charge in [0.05, 0.1) is 0 Å². The van der Waals surface area contributed by atoms with Gasteiger partial charge in [-0.3, -0.25) is 4.79 Å². The standard InChI is InChI=1S/C19H22Cl2N2O/c1-14-2-4-15(5-3-14)13-22-10-9-19(24)23-11-8-16-6-7-17(20)12-18(16)21/h2-7,12,22H,8-11,13H2,1H3,(H,23,24). The molecule has 128 valence electrons. The van der Waals surface area contributed by atoms with Crippen LogP contribution in [0, 0.1) is 6.92 Å². The summed E-state index contributed by atoms with van der Waals surface area (Å²) in [5.74, 6) is 0.0384. The molecule has 0 fully saturated rings. The number of halogens is 2. The Morgan fingerprint density at radius 1 is 1.04 bits per heavy atom. The van der Waals surface area contributed by atoms with E-state index in [4.69, 9.17) is 23.2 Å². The van der Waals surface area contributed by atoms with E-state index in [-0.39, 0.29) is 5.91 Å². The van der Waals surface area contributed by atoms with Crippen molar-refractivity contribution in [3.05, 3.63) is 69.2 Å². The van der Waals surface area contributed by atoms with Crippen LogP contribution in [0.25, 0.3) is 0 Å². The van der Waals surface area contributed by atoms with Crippen LogP contribution in [0.15, 0.2) is 42.5 Å². The predicted octanol–water partition coefficient (Wildman–Crippen LogP) is 4.14. The van der Waals surface area contributed by atoms with Crippen LogP contribution in [0.2, 0.25) is 10.0 Å². The lowest BCUT2D eigenvalue weighted by molar-refractivity contribution is -0.120. The highest BCUT2D eigenvalue weighted by Gasteiger charge is 2.04. The van der Waals surface area contributed by atoms with Gasteiger partial charge >= 0.3 is 0 Å². The summed E-state index contributed by atoms with van der Waals surface area (Å²) in [5.41, 5.74) is 3.45. The monoisotopic (exact) mass is 364 g/mol. The highest BCUT2D eigenvalue weighted by Crippen LogP contribution is 2.20. The molecule has 2 aromatic carbocycles. The fourth-order valence-electron chi connectivity index (χ4n) is 2.29. The van der Waals surface area contributed by atoms with Gasteiger partial charge < -0.3 is 10.6 Å². The summed E-state index contributed by atoms with van der Waals surface area (Å²) in [6.07, 6.45) is 1.15. The van der Waals surface area contributed by atoms with Crippen molar-refractivity contribution in [2.24, 2.45) is 0 Å². The molecule has 24 heavy (non-hydrogen) atoms. The fraction of sp³-hybridized carbons (Fsp3) is 0.316. The molecule has 1 amide bonds. The Morgan fingerprint density at radius 2 is 1.79 bits per heavy atom. The number of carbonyl (C=O) groups is 1. The second kappa shape index (κ2) is 9.67. The average Bonchev–Trinajstić information content (AvgIpc) is 2.55. The summed E-state index contributed by atoms with van der Waals surface area (Å²) >= 11 is 12.0. The van der Waals surface area contributed by atoms with Crippen molar-refractivity contribution in [2.75, 3.05) is 13.1 Å². The van der Waals surface area contributed by atoms with Crippen LogP contribution in [-0.2, 0) is 17.8 Å². The molecule has 0 heterocycles. The number of hydrogen-bond donors (Lipinski definition) is 2. The number of benzene rings is 2. The van der Waals surface area contributed by atoms with Crippen molar-refractivity contribution < 1.29 is 4.79 Å². The number of carbonyl (C=O) groups excluding carboxylic acids is 1. The SMILES string of the molecule is Cc1ccc(CNCCC(=O)NCCc2ccc(Cl)cc2Cl)cc1. The van der Waals surface area contributed by atoms with Crippen molar-refractivity contribution in [2.45, 2.75) is 26.3 Å². The predicted molar refractivity (Wildman–Crippen MR) is 101 cm³/mol. The van der Waals surface area contributed by atoms with E-state index >= 15 is 0 Å². The van der Waals surface area contributed by atoms with E-state index in [0.717, 1.165) is 12.1 Å². The molecule has 0 spiro atoms. The molecule has 0 aliphatic carbocycles. The Hall–Kier alpha value is -1.55. The molecule has 0 radical (unpaired) electrons. The second-order valence-electron chi connectivity index (χ2n) is 5.75. The van der Waals surface area contributed by atoms with Gasteiger partial charge in [-0.25, -0.2) is 0 Å². The highest BCUT2D eigenvalue weighted by atomic mass is 35.5. The van der Waals surface area contributed by atoms with Gasteiger partial charge in [0.15, 0.2) is 0 Å². The largest absolute Gasteiger partial charge is 0.356 e. The van der Waals surface area contributed by atoms with Crippen molar-refractivity contribution in [1.29, 1.82) is 0 Å². The Bertz CT molecular complexity index is 672. The molecule has 0 saturated carbocycles. The average molecular weight is 365 g/mol. The Kier molecular flexibility index (Phi) is 7.57. The summed E-state index contributed by atoms with van der Waals surface area (Å²) in [7, 11) is 0. The summed E-state index contributed by atoms with van der Waals surface area (Å²) in [5, 5.41) is 7.44. The summed E-state index contributed by atoms with van der Waals surface area (Å²) < 4.78 is 0. The number of aryl methyl sites for hydroxylation is 1. The maximum Gasteiger partial charge on any atom is 0.221 e. The van der Waals surface area contributed by atoms with Gasteiger partial charge in [-0.05, 0) is 36.6 Å². The minimum absolute atomic E-state index is 0.0384. The van der Waals surface area contributed by atoms with Gasteiger partial charge in [-0.15, -0.1) is 0 Å². The van der Waals surface area contributed by atoms with Crippen LogP contribution in [0.5, 0.6) is 0 Å². The number of nitrogens with one attached hydrogen (secondary N) is 2. The van der Waals surface area contributed by atoms with Crippen LogP contribution in [0.1, 0.15) is 23.1 Å². The minimum Gasteiger partial charge on any atom is -0.356 e. The molecule has 0 aliphatic heterocycles. The zero-order chi connectivity index (χ0) is 17.4. The molecule has 0 saturated heterocycles. The number of amides is 1. The maximum absolute atomic E-state index is 11.8. The molecule has 2 N–H and O–H groups in total. The third-order valence-electron chi connectivity index (χ3n) is 3.71. The van der Waals surface area contributed by atoms with Gasteiger partial charge in [-0.1, -0.05) is 59.1 Å². The molecule has 3 nitrogen and oxygen atoms in total. The number of rotatable bonds is 8. The summed E-state index contributed by atoms with van der Waals surface area (Å²) in [6.45, 7) is 4.06. The third-order valence-corrected chi connectivity index (χ3v) is 4.30. The van der Waals surface area contributed by atoms with E-state index < -0.39 is 0 Å². The maximum atomic E-state index is 11.8. The van der Waals surface area contributed by atoms with Gasteiger partial charge in [0.1, 0.15) is 0 Å². The van der Waals surface area contributed by atoms with E-state index in [9.17, 15) is 4.79 Å². The topological polar surface area (TPSA) is 41.1 Å². The molecule has 5 heteroatoms. The van der Waals surface area contributed by atoms with Gasteiger partial charge in [-0.2, -0.15) is 0 Å². The van der Waals surface area contributed by atoms with E-state index in [2.05, 4.69) is 41.8 Å². The van der Waals surface area contributed by atoms with Crippen molar-refractivity contribution in [3.8, 4) is 0 Å². The second-order valence-corrected chi connectivity index (χ2v) is 6.59. The first kappa shape index (κ1) is 18.8. The highest BCUT2D eigenvalue weighted by molar-refractivity contribution is 6.35. The minimum atomic E-state index is 0.0384. The third kappa shape index (κ3) is 6.52. The first-order valence-electron chi connectivity index (χ1n) is 8.01. The number of hydrogen-bond acceptors (Lipinski definition) is 2. The lowest BCUT2D eigenvalue weighted by Crippen LogP contribution is -2.29. The molecule has 2 aromatic rings. The van der Waals surface area contributed by atoms with Gasteiger partial charge in [0.25, 0.3) is 0 Å². The Balaban J connectivity index is 1.60. The van der Waals surface area contributed by atoms with E-state index in [1.807, 2.05) is 6.07 Å². The van der Waals surface area contributed by atoms with E-state index in [1.165, 1.54) is 11.1 Å². The Labute approximate surface area is 153 Å². The zero-order valence-corrected chi connectivity index (χ0v) is 15.3. The zero-order valence-electron chi connectivity index (χ0n) is 13.7. The molecule has 2 rings (SSSR count). The fourth-order valence-corrected chi connectivity index (χ4v) is 2.79. The molecule has 0 aliphatic rings. The molecule has 0 atom stereocenters. The summed E-state index contributed by atoms with van der Waals surface area (Å²) in [6, 6.07) is 13.8. The van der Waals surface area contributed by atoms with Gasteiger partial charge in [0.2, 0.25) is 5.91 Å². The smallest absolute Gasteiger partial charge is 0.221 e. The van der Waals surface area contributed by atoms with E-state index in [0.29, 0.717) is 36.0 Å². The molecule has 0 aromatic heterocycles. The van der Waals surface area contributed by atoms with Crippen LogP contribution >= 0.6 is 23.2 Å². The molecular weight excluding hydrogens is 343 g/mol. The van der Waals surface area contributed by atoms with Crippen LogP contribution in [-0.4, -0.2) is 19.0 Å². The lowest BCUT2D eigenvalue weighted by Gasteiger charge is -2.08. The van der Waals surface area contributed by atoms with E-state index in [1.54, 1.807) is 12.1 Å². The van der Waals surface area contributed by atoms with Crippen molar-refractivity contribution in [3.63, 3.8) is 0 Å². The van der Waals surface area contributed by atoms with Crippen molar-refractivity contribution in [1.82, 2.24) is 10.6 Å². The normalized spacial score (nSPS) is 10.6. The summed E-state index contributed by atoms with van der Waals surface area (Å²) in [4.78, 5) is 11.8. The van der Waals surface area contributed by atoms with Gasteiger partial charge in [0, 0.05) is 36.1 Å². The Morgan fingerprint density at radius 3 is 2.50 bits per heavy atom. The van der Waals surface area contributed by atoms with Crippen LogP contribution in [0.4, 0.5) is 0 Å². The first-order chi connectivity index (χ1) is 11.5. The first-order valence-corrected chi connectivity index (χ1v) is 8.77. The molecule has 0 bridgehead atoms. The van der Waals surface area contributed by atoms with Crippen LogP contribution < -0.4 is 10.6 Å². The molecule has 0 unspecified atom stereocenters. The molecular formula is C19H22Cl2N2O. The quantitative estimate of drug-likeness (QED) is 0.691. The lowest BCUT2D eigenvalue weighted by atomic mass is 10.1. The van der Waals surface area contributed by atoms with Crippen molar-refractivity contribution >= 4 is 29.1 Å². The van der Waals surface area contributed by atoms with Crippen LogP contribution in [0.3, 0.4) is 0 Å².